The molecule has 0 atom stereocenters. The molecule has 0 aliphatic rings. The van der Waals surface area contributed by atoms with Gasteiger partial charge in [-0.3, -0.25) is 0 Å². The Morgan fingerprint density at radius 3 is 2.35 bits per heavy atom. The molecule has 0 aromatic heterocycles. The van der Waals surface area contributed by atoms with E-state index in [0.29, 0.717) is 11.3 Å². The van der Waals surface area contributed by atoms with Crippen molar-refractivity contribution < 1.29 is 18.3 Å². The van der Waals surface area contributed by atoms with E-state index in [1.54, 1.807) is 6.07 Å². The fourth-order valence-corrected chi connectivity index (χ4v) is 2.12. The third-order valence-corrected chi connectivity index (χ3v) is 3.49. The summed E-state index contributed by atoms with van der Waals surface area (Å²) >= 11 is 10.9. The Morgan fingerprint density at radius 2 is 1.78 bits per heavy atom. The standard InChI is InChI=1S/C15H12ClF3N2OS/c16-12-7-11(5-6-13(12)22)21-14(23)20-8-9-1-3-10(4-2-9)15(17,18)19/h1-7,22H,8H2,(H2,20,21,23). The van der Waals surface area contributed by atoms with Gasteiger partial charge in [-0.05, 0) is 48.1 Å². The van der Waals surface area contributed by atoms with E-state index in [4.69, 9.17) is 23.8 Å². The number of phenolic OH excluding ortho intramolecular Hbond substituents is 1. The zero-order chi connectivity index (χ0) is 17.0. The number of hydrogen-bond donors (Lipinski definition) is 3. The van der Waals surface area contributed by atoms with Crippen LogP contribution < -0.4 is 10.6 Å². The van der Waals surface area contributed by atoms with Gasteiger partial charge < -0.3 is 15.7 Å². The zero-order valence-electron chi connectivity index (χ0n) is 11.6. The van der Waals surface area contributed by atoms with Crippen molar-refractivity contribution in [3.05, 3.63) is 58.6 Å². The Balaban J connectivity index is 1.90. The maximum absolute atomic E-state index is 12.5. The summed E-state index contributed by atoms with van der Waals surface area (Å²) in [6, 6.07) is 9.33. The molecule has 3 N–H and O–H groups in total. The Morgan fingerprint density at radius 1 is 1.13 bits per heavy atom. The van der Waals surface area contributed by atoms with Gasteiger partial charge in [0, 0.05) is 12.2 Å². The lowest BCUT2D eigenvalue weighted by Crippen LogP contribution is -2.27. The SMILES string of the molecule is Oc1ccc(NC(=S)NCc2ccc(C(F)(F)F)cc2)cc1Cl. The van der Waals surface area contributed by atoms with Crippen molar-refractivity contribution in [1.29, 1.82) is 0 Å². The Labute approximate surface area is 141 Å². The van der Waals surface area contributed by atoms with Crippen LogP contribution in [0.3, 0.4) is 0 Å². The quantitative estimate of drug-likeness (QED) is 0.555. The molecule has 0 bridgehead atoms. The first-order valence-corrected chi connectivity index (χ1v) is 7.24. The first kappa shape index (κ1) is 17.4. The normalized spacial score (nSPS) is 11.1. The van der Waals surface area contributed by atoms with Gasteiger partial charge in [0.2, 0.25) is 0 Å². The number of benzene rings is 2. The van der Waals surface area contributed by atoms with Crippen molar-refractivity contribution in [2.24, 2.45) is 0 Å². The fourth-order valence-electron chi connectivity index (χ4n) is 1.75. The Kier molecular flexibility index (Phi) is 5.33. The summed E-state index contributed by atoms with van der Waals surface area (Å²) in [4.78, 5) is 0. The molecule has 0 heterocycles. The van der Waals surface area contributed by atoms with Gasteiger partial charge in [0.15, 0.2) is 5.11 Å². The van der Waals surface area contributed by atoms with Crippen LogP contribution in [0, 0.1) is 0 Å². The van der Waals surface area contributed by atoms with Crippen LogP contribution in [-0.4, -0.2) is 10.2 Å². The summed E-state index contributed by atoms with van der Waals surface area (Å²) in [7, 11) is 0. The number of phenols is 1. The van der Waals surface area contributed by atoms with Crippen LogP contribution in [0.2, 0.25) is 5.02 Å². The molecule has 0 saturated carbocycles. The van der Waals surface area contributed by atoms with E-state index >= 15 is 0 Å². The summed E-state index contributed by atoms with van der Waals surface area (Å²) in [5.41, 5.74) is 0.546. The van der Waals surface area contributed by atoms with Gasteiger partial charge >= 0.3 is 6.18 Å². The van der Waals surface area contributed by atoms with Gasteiger partial charge in [0.05, 0.1) is 10.6 Å². The molecule has 0 aliphatic carbocycles. The number of alkyl halides is 3. The highest BCUT2D eigenvalue weighted by molar-refractivity contribution is 7.80. The molecule has 2 aromatic rings. The molecular formula is C15H12ClF3N2OS. The van der Waals surface area contributed by atoms with Crippen molar-refractivity contribution in [3.8, 4) is 5.75 Å². The van der Waals surface area contributed by atoms with Gasteiger partial charge in [0.25, 0.3) is 0 Å². The second kappa shape index (κ2) is 7.06. The molecule has 122 valence electrons. The monoisotopic (exact) mass is 360 g/mol. The van der Waals surface area contributed by atoms with Crippen LogP contribution in [0.25, 0.3) is 0 Å². The smallest absolute Gasteiger partial charge is 0.416 e. The number of halogens is 4. The minimum atomic E-state index is -4.35. The third kappa shape index (κ3) is 5.01. The van der Waals surface area contributed by atoms with Crippen molar-refractivity contribution in [3.63, 3.8) is 0 Å². The average Bonchev–Trinajstić information content (AvgIpc) is 2.48. The van der Waals surface area contributed by atoms with Crippen molar-refractivity contribution in [2.45, 2.75) is 12.7 Å². The van der Waals surface area contributed by atoms with E-state index in [1.165, 1.54) is 24.3 Å². The third-order valence-electron chi connectivity index (χ3n) is 2.94. The van der Waals surface area contributed by atoms with Gasteiger partial charge in [-0.15, -0.1) is 0 Å². The van der Waals surface area contributed by atoms with Crippen LogP contribution in [0.1, 0.15) is 11.1 Å². The molecule has 23 heavy (non-hydrogen) atoms. The minimum Gasteiger partial charge on any atom is -0.506 e. The summed E-state index contributed by atoms with van der Waals surface area (Å²) in [5.74, 6) is -0.0409. The topological polar surface area (TPSA) is 44.3 Å². The lowest BCUT2D eigenvalue weighted by molar-refractivity contribution is -0.137. The van der Waals surface area contributed by atoms with Gasteiger partial charge in [0.1, 0.15) is 5.75 Å². The summed E-state index contributed by atoms with van der Waals surface area (Å²) in [6.07, 6.45) is -4.35. The maximum Gasteiger partial charge on any atom is 0.416 e. The summed E-state index contributed by atoms with van der Waals surface area (Å²) in [5, 5.41) is 15.5. The molecule has 0 fully saturated rings. The molecule has 0 saturated heterocycles. The Hall–Kier alpha value is -1.99. The molecule has 0 amide bonds. The maximum atomic E-state index is 12.5. The van der Waals surface area contributed by atoms with Gasteiger partial charge in [-0.25, -0.2) is 0 Å². The van der Waals surface area contributed by atoms with Crippen molar-refractivity contribution in [1.82, 2.24) is 5.32 Å². The first-order valence-electron chi connectivity index (χ1n) is 6.45. The number of anilines is 1. The van der Waals surface area contributed by atoms with E-state index in [9.17, 15) is 18.3 Å². The first-order chi connectivity index (χ1) is 10.8. The van der Waals surface area contributed by atoms with Gasteiger partial charge in [-0.2, -0.15) is 13.2 Å². The molecule has 3 nitrogen and oxygen atoms in total. The average molecular weight is 361 g/mol. The van der Waals surface area contributed by atoms with Crippen molar-refractivity contribution in [2.75, 3.05) is 5.32 Å². The lowest BCUT2D eigenvalue weighted by atomic mass is 10.1. The van der Waals surface area contributed by atoms with Crippen LogP contribution in [0.5, 0.6) is 5.75 Å². The molecule has 0 unspecified atom stereocenters. The second-order valence-electron chi connectivity index (χ2n) is 4.67. The van der Waals surface area contributed by atoms with Crippen LogP contribution in [-0.2, 0) is 12.7 Å². The number of rotatable bonds is 3. The van der Waals surface area contributed by atoms with E-state index in [1.807, 2.05) is 0 Å². The second-order valence-corrected chi connectivity index (χ2v) is 5.48. The summed E-state index contributed by atoms with van der Waals surface area (Å²) < 4.78 is 37.4. The van der Waals surface area contributed by atoms with E-state index < -0.39 is 11.7 Å². The molecule has 2 aromatic carbocycles. The van der Waals surface area contributed by atoms with Crippen molar-refractivity contribution >= 4 is 34.6 Å². The number of thiocarbonyl (C=S) groups is 1. The highest BCUT2D eigenvalue weighted by Gasteiger charge is 2.29. The van der Waals surface area contributed by atoms with Crippen LogP contribution >= 0.6 is 23.8 Å². The lowest BCUT2D eigenvalue weighted by Gasteiger charge is -2.12. The largest absolute Gasteiger partial charge is 0.506 e. The number of aromatic hydroxyl groups is 1. The minimum absolute atomic E-state index is 0.0409. The fraction of sp³-hybridized carbons (Fsp3) is 0.133. The van der Waals surface area contributed by atoms with Crippen LogP contribution in [0.15, 0.2) is 42.5 Å². The highest BCUT2D eigenvalue weighted by atomic mass is 35.5. The number of nitrogens with one attached hydrogen (secondary N) is 2. The number of hydrogen-bond acceptors (Lipinski definition) is 2. The Bertz CT molecular complexity index is 705. The van der Waals surface area contributed by atoms with E-state index in [0.717, 1.165) is 12.1 Å². The zero-order valence-corrected chi connectivity index (χ0v) is 13.2. The molecule has 8 heteroatoms. The molecular weight excluding hydrogens is 349 g/mol. The van der Waals surface area contributed by atoms with E-state index in [2.05, 4.69) is 10.6 Å². The molecule has 0 spiro atoms. The van der Waals surface area contributed by atoms with Crippen LogP contribution in [0.4, 0.5) is 18.9 Å². The molecule has 2 rings (SSSR count). The molecule has 0 radical (unpaired) electrons. The highest BCUT2D eigenvalue weighted by Crippen LogP contribution is 2.29. The van der Waals surface area contributed by atoms with Gasteiger partial charge in [-0.1, -0.05) is 23.7 Å². The van der Waals surface area contributed by atoms with E-state index in [-0.39, 0.29) is 22.4 Å². The molecule has 0 aliphatic heterocycles. The summed E-state index contributed by atoms with van der Waals surface area (Å²) in [6.45, 7) is 0.274. The predicted molar refractivity (Wildman–Crippen MR) is 87.6 cm³/mol. The predicted octanol–water partition coefficient (Wildman–Crippen LogP) is 4.55.